The van der Waals surface area contributed by atoms with Crippen molar-refractivity contribution in [1.29, 1.82) is 0 Å². The fraction of sp³-hybridized carbons (Fsp3) is 0.308. The second-order valence-corrected chi connectivity index (χ2v) is 3.68. The molecule has 0 radical (unpaired) electrons. The van der Waals surface area contributed by atoms with Crippen LogP contribution in [-0.2, 0) is 4.79 Å². The molecule has 1 amide bonds. The first kappa shape index (κ1) is 12.1. The monoisotopic (exact) mass is 216 g/mol. The summed E-state index contributed by atoms with van der Waals surface area (Å²) in [6.45, 7) is 2.61. The Morgan fingerprint density at radius 1 is 1.56 bits per heavy atom. The third kappa shape index (κ3) is 3.66. The Hall–Kier alpha value is -1.95. The molecule has 16 heavy (non-hydrogen) atoms. The van der Waals surface area contributed by atoms with Crippen LogP contribution in [0.5, 0.6) is 0 Å². The highest BCUT2D eigenvalue weighted by molar-refractivity contribution is 5.81. The maximum Gasteiger partial charge on any atom is 0.240 e. The first-order valence-electron chi connectivity index (χ1n) is 5.11. The van der Waals surface area contributed by atoms with E-state index >= 15 is 0 Å². The number of benzene rings is 1. The first-order chi connectivity index (χ1) is 7.63. The van der Waals surface area contributed by atoms with Gasteiger partial charge < -0.3 is 10.2 Å². The zero-order valence-electron chi connectivity index (χ0n) is 9.66. The maximum atomic E-state index is 11.4. The van der Waals surface area contributed by atoms with Crippen molar-refractivity contribution in [3.8, 4) is 12.3 Å². The van der Waals surface area contributed by atoms with E-state index in [1.165, 1.54) is 5.56 Å². The lowest BCUT2D eigenvalue weighted by Crippen LogP contribution is -2.35. The van der Waals surface area contributed by atoms with Crippen LogP contribution in [0.2, 0.25) is 0 Å². The fourth-order valence-electron chi connectivity index (χ4n) is 1.38. The molecule has 3 heteroatoms. The summed E-state index contributed by atoms with van der Waals surface area (Å²) in [5.41, 5.74) is 2.20. The van der Waals surface area contributed by atoms with Gasteiger partial charge in [0.05, 0.1) is 13.1 Å². The molecular weight excluding hydrogens is 200 g/mol. The molecule has 0 aliphatic rings. The maximum absolute atomic E-state index is 11.4. The van der Waals surface area contributed by atoms with Crippen LogP contribution in [0.15, 0.2) is 24.3 Å². The minimum absolute atomic E-state index is 0.0676. The smallest absolute Gasteiger partial charge is 0.240 e. The van der Waals surface area contributed by atoms with E-state index in [0.717, 1.165) is 5.69 Å². The summed E-state index contributed by atoms with van der Waals surface area (Å²) in [6, 6.07) is 8.01. The third-order valence-corrected chi connectivity index (χ3v) is 2.21. The second-order valence-electron chi connectivity index (χ2n) is 3.68. The number of anilines is 1. The van der Waals surface area contributed by atoms with Gasteiger partial charge in [0.15, 0.2) is 0 Å². The molecule has 0 saturated heterocycles. The van der Waals surface area contributed by atoms with Gasteiger partial charge in [-0.2, -0.15) is 0 Å². The van der Waals surface area contributed by atoms with Gasteiger partial charge >= 0.3 is 0 Å². The lowest BCUT2D eigenvalue weighted by molar-refractivity contribution is -0.119. The molecular formula is C13H16N2O. The van der Waals surface area contributed by atoms with Crippen molar-refractivity contribution < 1.29 is 4.79 Å². The van der Waals surface area contributed by atoms with Gasteiger partial charge in [0.2, 0.25) is 5.91 Å². The van der Waals surface area contributed by atoms with Crippen molar-refractivity contribution in [2.24, 2.45) is 0 Å². The molecule has 1 aromatic carbocycles. The SMILES string of the molecule is C#CCNC(=O)CN(C)c1cccc(C)c1. The number of carbonyl (C=O) groups is 1. The molecule has 0 heterocycles. The molecule has 1 aromatic rings. The first-order valence-corrected chi connectivity index (χ1v) is 5.11. The van der Waals surface area contributed by atoms with Gasteiger partial charge in [0.25, 0.3) is 0 Å². The molecule has 0 aliphatic heterocycles. The molecule has 0 aliphatic carbocycles. The van der Waals surface area contributed by atoms with Crippen molar-refractivity contribution in [2.75, 3.05) is 25.0 Å². The van der Waals surface area contributed by atoms with Crippen LogP contribution in [0.4, 0.5) is 5.69 Å². The molecule has 1 rings (SSSR count). The van der Waals surface area contributed by atoms with Crippen molar-refractivity contribution in [1.82, 2.24) is 5.32 Å². The molecule has 0 spiro atoms. The summed E-state index contributed by atoms with van der Waals surface area (Å²) in [7, 11) is 1.88. The minimum Gasteiger partial charge on any atom is -0.365 e. The molecule has 3 nitrogen and oxygen atoms in total. The average molecular weight is 216 g/mol. The molecule has 0 saturated carbocycles. The van der Waals surface area contributed by atoms with Gasteiger partial charge in [-0.25, -0.2) is 0 Å². The predicted octanol–water partition coefficient (Wildman–Crippen LogP) is 1.18. The Morgan fingerprint density at radius 3 is 2.94 bits per heavy atom. The number of likely N-dealkylation sites (N-methyl/N-ethyl adjacent to an activating group) is 1. The van der Waals surface area contributed by atoms with Crippen LogP contribution < -0.4 is 10.2 Å². The van der Waals surface area contributed by atoms with Crippen molar-refractivity contribution >= 4 is 11.6 Å². The van der Waals surface area contributed by atoms with Gasteiger partial charge in [-0.3, -0.25) is 4.79 Å². The molecule has 0 bridgehead atoms. The Kier molecular flexibility index (Phi) is 4.41. The van der Waals surface area contributed by atoms with Gasteiger partial charge in [0.1, 0.15) is 0 Å². The highest BCUT2D eigenvalue weighted by Gasteiger charge is 2.06. The van der Waals surface area contributed by atoms with E-state index in [4.69, 9.17) is 6.42 Å². The summed E-state index contributed by atoms with van der Waals surface area (Å²) in [6.07, 6.45) is 5.06. The topological polar surface area (TPSA) is 32.3 Å². The Bertz CT molecular complexity index is 407. The Balaban J connectivity index is 2.56. The second kappa shape index (κ2) is 5.82. The minimum atomic E-state index is -0.0676. The number of aryl methyl sites for hydroxylation is 1. The lowest BCUT2D eigenvalue weighted by Gasteiger charge is -2.18. The molecule has 0 unspecified atom stereocenters. The van der Waals surface area contributed by atoms with Crippen LogP contribution in [0, 0.1) is 19.3 Å². The van der Waals surface area contributed by atoms with E-state index < -0.39 is 0 Å². The highest BCUT2D eigenvalue weighted by Crippen LogP contribution is 2.13. The van der Waals surface area contributed by atoms with E-state index in [-0.39, 0.29) is 12.5 Å². The summed E-state index contributed by atoms with van der Waals surface area (Å²) in [5.74, 6) is 2.30. The summed E-state index contributed by atoms with van der Waals surface area (Å²) >= 11 is 0. The molecule has 84 valence electrons. The largest absolute Gasteiger partial charge is 0.365 e. The number of terminal acetylenes is 1. The average Bonchev–Trinajstić information content (AvgIpc) is 2.26. The van der Waals surface area contributed by atoms with Gasteiger partial charge in [0, 0.05) is 12.7 Å². The van der Waals surface area contributed by atoms with Crippen LogP contribution in [0.1, 0.15) is 5.56 Å². The van der Waals surface area contributed by atoms with E-state index in [0.29, 0.717) is 6.54 Å². The zero-order chi connectivity index (χ0) is 12.0. The summed E-state index contributed by atoms with van der Waals surface area (Å²) in [4.78, 5) is 13.3. The quantitative estimate of drug-likeness (QED) is 0.766. The van der Waals surface area contributed by atoms with E-state index in [1.807, 2.05) is 43.1 Å². The van der Waals surface area contributed by atoms with Gasteiger partial charge in [-0.05, 0) is 24.6 Å². The highest BCUT2D eigenvalue weighted by atomic mass is 16.1. The van der Waals surface area contributed by atoms with Crippen LogP contribution in [0.25, 0.3) is 0 Å². The predicted molar refractivity (Wildman–Crippen MR) is 66.3 cm³/mol. The van der Waals surface area contributed by atoms with E-state index in [2.05, 4.69) is 11.2 Å². The number of hydrogen-bond donors (Lipinski definition) is 1. The third-order valence-electron chi connectivity index (χ3n) is 2.21. The number of amides is 1. The van der Waals surface area contributed by atoms with Gasteiger partial charge in [-0.15, -0.1) is 6.42 Å². The van der Waals surface area contributed by atoms with Crippen molar-refractivity contribution in [3.05, 3.63) is 29.8 Å². The Labute approximate surface area is 96.5 Å². The number of rotatable bonds is 4. The molecule has 1 N–H and O–H groups in total. The standard InChI is InChI=1S/C13H16N2O/c1-4-8-14-13(16)10-15(3)12-7-5-6-11(2)9-12/h1,5-7,9H,8,10H2,2-3H3,(H,14,16). The van der Waals surface area contributed by atoms with Crippen molar-refractivity contribution in [2.45, 2.75) is 6.92 Å². The van der Waals surface area contributed by atoms with Crippen molar-refractivity contribution in [3.63, 3.8) is 0 Å². The van der Waals surface area contributed by atoms with Crippen LogP contribution >= 0.6 is 0 Å². The molecule has 0 atom stereocenters. The lowest BCUT2D eigenvalue weighted by atomic mass is 10.2. The zero-order valence-corrected chi connectivity index (χ0v) is 9.66. The molecule has 0 aromatic heterocycles. The fourth-order valence-corrected chi connectivity index (χ4v) is 1.38. The normalized spacial score (nSPS) is 9.31. The number of hydrogen-bond acceptors (Lipinski definition) is 2. The van der Waals surface area contributed by atoms with Crippen LogP contribution in [0.3, 0.4) is 0 Å². The number of nitrogens with zero attached hydrogens (tertiary/aromatic N) is 1. The van der Waals surface area contributed by atoms with Crippen LogP contribution in [-0.4, -0.2) is 26.0 Å². The van der Waals surface area contributed by atoms with E-state index in [9.17, 15) is 4.79 Å². The van der Waals surface area contributed by atoms with E-state index in [1.54, 1.807) is 0 Å². The molecule has 0 fully saturated rings. The van der Waals surface area contributed by atoms with Gasteiger partial charge in [-0.1, -0.05) is 18.1 Å². The summed E-state index contributed by atoms with van der Waals surface area (Å²) in [5, 5.41) is 2.63. The number of nitrogens with one attached hydrogen (secondary N) is 1. The number of carbonyl (C=O) groups excluding carboxylic acids is 1. The Morgan fingerprint density at radius 2 is 2.31 bits per heavy atom. The summed E-state index contributed by atoms with van der Waals surface area (Å²) < 4.78 is 0.